The van der Waals surface area contributed by atoms with Gasteiger partial charge in [0, 0.05) is 26.2 Å². The van der Waals surface area contributed by atoms with Gasteiger partial charge in [-0.15, -0.1) is 23.2 Å². The van der Waals surface area contributed by atoms with Crippen molar-refractivity contribution < 1.29 is 96.1 Å². The van der Waals surface area contributed by atoms with Crippen LogP contribution in [0.2, 0.25) is 0 Å². The quantitative estimate of drug-likeness (QED) is 0.0955. The molecule has 4 heterocycles. The molecule has 0 saturated carbocycles. The van der Waals surface area contributed by atoms with E-state index in [0.717, 1.165) is 35.4 Å². The van der Waals surface area contributed by atoms with Crippen molar-refractivity contribution in [1.82, 2.24) is 29.8 Å². The highest BCUT2D eigenvalue weighted by Gasteiger charge is 2.62. The maximum Gasteiger partial charge on any atom is 0.490 e. The number of carboxylic acids is 1. The highest BCUT2D eigenvalue weighted by atomic mass is 35.5. The van der Waals surface area contributed by atoms with Gasteiger partial charge in [-0.25, -0.2) is 9.59 Å². The lowest BCUT2D eigenvalue weighted by Crippen LogP contribution is -2.81. The molecule has 4 aliphatic heterocycles. The van der Waals surface area contributed by atoms with E-state index >= 15 is 0 Å². The number of alkyl halides is 14. The van der Waals surface area contributed by atoms with E-state index in [9.17, 15) is 76.7 Å². The van der Waals surface area contributed by atoms with Crippen molar-refractivity contribution in [1.29, 1.82) is 10.5 Å². The molecule has 4 aromatic rings. The summed E-state index contributed by atoms with van der Waals surface area (Å²) in [5, 5.41) is 28.4. The number of carboxylic acid groups (broad SMARTS) is 1. The Morgan fingerprint density at radius 2 is 0.954 bits per heavy atom. The monoisotopic (exact) mass is 1280 g/mol. The first-order chi connectivity index (χ1) is 40.2. The molecule has 5 amide bonds. The molecular formula is C56H54Cl2F12N8O9. The Morgan fingerprint density at radius 3 is 1.22 bits per heavy atom. The number of carbonyl (C=O) groups excluding carboxylic acids is 6. The van der Waals surface area contributed by atoms with E-state index in [2.05, 4.69) is 5.32 Å². The van der Waals surface area contributed by atoms with Crippen molar-refractivity contribution in [2.75, 3.05) is 44.6 Å². The summed E-state index contributed by atoms with van der Waals surface area (Å²) in [7, 11) is 0. The number of nitrogens with zero attached hydrogens (tertiary/aromatic N) is 7. The minimum absolute atomic E-state index is 0.0590. The second-order valence-corrected chi connectivity index (χ2v) is 21.4. The topological polar surface area (TPSA) is 225 Å². The molecule has 2 unspecified atom stereocenters. The van der Waals surface area contributed by atoms with Gasteiger partial charge in [0.15, 0.2) is 5.54 Å². The minimum Gasteiger partial charge on any atom is -0.475 e. The number of hydrogen-bond acceptors (Lipinski definition) is 11. The number of carbonyl (C=O) groups is 7. The Bertz CT molecular complexity index is 3170. The number of amides is 5. The number of aldehydes is 1. The fourth-order valence-electron chi connectivity index (χ4n) is 9.00. The maximum absolute atomic E-state index is 14.0. The van der Waals surface area contributed by atoms with Gasteiger partial charge in [0.05, 0.1) is 64.9 Å². The van der Waals surface area contributed by atoms with E-state index < -0.39 is 76.9 Å². The number of hydrogen-bond donors (Lipinski definition) is 2. The van der Waals surface area contributed by atoms with E-state index in [4.69, 9.17) is 53.2 Å². The summed E-state index contributed by atoms with van der Waals surface area (Å²) in [6.07, 6.45) is -20.3. The van der Waals surface area contributed by atoms with Crippen molar-refractivity contribution in [2.45, 2.75) is 101 Å². The number of rotatable bonds is 8. The fourth-order valence-corrected chi connectivity index (χ4v) is 9.00. The highest BCUT2D eigenvalue weighted by Crippen LogP contribution is 2.40. The van der Waals surface area contributed by atoms with E-state index in [0.29, 0.717) is 22.3 Å². The Hall–Kier alpha value is -8.15. The Labute approximate surface area is 499 Å². The molecule has 87 heavy (non-hydrogen) atoms. The number of likely N-dealkylation sites (tertiary alicyclic amines) is 1. The average Bonchev–Trinajstić information content (AvgIpc) is 0.745. The second-order valence-electron chi connectivity index (χ2n) is 20.6. The molecule has 31 heteroatoms. The normalized spacial score (nSPS) is 17.0. The smallest absolute Gasteiger partial charge is 0.475 e. The molecule has 2 atom stereocenters. The van der Waals surface area contributed by atoms with Crippen LogP contribution >= 0.6 is 23.2 Å². The molecule has 2 spiro atoms. The second kappa shape index (κ2) is 28.6. The number of nitrogens with one attached hydrogen (secondary N) is 1. The number of benzene rings is 4. The van der Waals surface area contributed by atoms with Crippen LogP contribution in [0, 0.1) is 22.7 Å². The van der Waals surface area contributed by atoms with Crippen molar-refractivity contribution in [3.8, 4) is 12.1 Å². The first-order valence-electron chi connectivity index (χ1n) is 25.4. The van der Waals surface area contributed by atoms with E-state index in [1.807, 2.05) is 19.1 Å². The van der Waals surface area contributed by atoms with Gasteiger partial charge in [-0.1, -0.05) is 48.5 Å². The number of nitriles is 2. The number of piperazine rings is 2. The third-order valence-corrected chi connectivity index (χ3v) is 13.6. The van der Waals surface area contributed by atoms with Gasteiger partial charge >= 0.3 is 36.8 Å². The minimum atomic E-state index is -5.08. The third kappa shape index (κ3) is 18.4. The van der Waals surface area contributed by atoms with Crippen LogP contribution in [0.5, 0.6) is 0 Å². The van der Waals surface area contributed by atoms with Crippen LogP contribution in [0.1, 0.15) is 91.2 Å². The van der Waals surface area contributed by atoms with Crippen LogP contribution in [0.4, 0.5) is 57.5 Å². The molecule has 0 aromatic heterocycles. The summed E-state index contributed by atoms with van der Waals surface area (Å²) in [4.78, 5) is 91.6. The third-order valence-electron chi connectivity index (χ3n) is 13.6. The first kappa shape index (κ1) is 71.3. The molecule has 8 rings (SSSR count). The molecule has 0 bridgehead atoms. The summed E-state index contributed by atoms with van der Waals surface area (Å²) in [6, 6.07) is 25.8. The van der Waals surface area contributed by atoms with E-state index in [1.165, 1.54) is 48.8 Å². The molecule has 0 aliphatic carbocycles. The largest absolute Gasteiger partial charge is 0.490 e. The molecule has 4 fully saturated rings. The van der Waals surface area contributed by atoms with Gasteiger partial charge in [-0.05, 0) is 105 Å². The lowest BCUT2D eigenvalue weighted by Gasteiger charge is -2.58. The molecule has 4 aliphatic rings. The summed E-state index contributed by atoms with van der Waals surface area (Å²) in [6.45, 7) is 8.71. The Kier molecular flexibility index (Phi) is 23.4. The van der Waals surface area contributed by atoms with Gasteiger partial charge in [0.25, 0.3) is 11.8 Å². The van der Waals surface area contributed by atoms with Gasteiger partial charge in [0.2, 0.25) is 18.1 Å². The molecule has 2 N–H and O–H groups in total. The number of halogens is 14. The molecule has 0 radical (unpaired) electrons. The van der Waals surface area contributed by atoms with Gasteiger partial charge in [0.1, 0.15) is 24.2 Å². The van der Waals surface area contributed by atoms with Crippen LogP contribution < -0.4 is 5.32 Å². The lowest BCUT2D eigenvalue weighted by atomic mass is 9.82. The Balaban J connectivity index is 0.000000301. The maximum atomic E-state index is 14.0. The van der Waals surface area contributed by atoms with Crippen LogP contribution in [-0.4, -0.2) is 145 Å². The lowest BCUT2D eigenvalue weighted by molar-refractivity contribution is -0.192. The summed E-state index contributed by atoms with van der Waals surface area (Å²) < 4.78 is 146. The van der Waals surface area contributed by atoms with Crippen LogP contribution in [0.25, 0.3) is 0 Å². The van der Waals surface area contributed by atoms with Crippen molar-refractivity contribution >= 4 is 65.2 Å². The molecule has 17 nitrogen and oxygen atoms in total. The zero-order chi connectivity index (χ0) is 65.8. The van der Waals surface area contributed by atoms with Crippen LogP contribution in [0.3, 0.4) is 0 Å². The number of ether oxygens (including phenoxy) is 1. The predicted molar refractivity (Wildman–Crippen MR) is 285 cm³/mol. The molecule has 4 aromatic carbocycles. The summed E-state index contributed by atoms with van der Waals surface area (Å²) in [5.74, 6) is -3.97. The Morgan fingerprint density at radius 1 is 0.632 bits per heavy atom. The SMILES string of the molecule is CC(c1ccc(C#N)cc1)N1CC(=O)N(Cc2ccc(C(F)(F)F)cc2)C2(CN(C(=O)OC(C)(C)C)C2)C1=O.CC(c1ccc(C#N)cc1)N1CC(=O)N(Cc2ccc(C(F)(F)F)cc2)C2(CNC2)C1=O.ClCCl.O=C(O)C(F)(F)F.O=CC(F)(F)F. The van der Waals surface area contributed by atoms with Crippen LogP contribution in [-0.2, 0) is 58.9 Å². The van der Waals surface area contributed by atoms with E-state index in [1.54, 1.807) is 76.2 Å². The van der Waals surface area contributed by atoms with Gasteiger partial charge in [-0.3, -0.25) is 24.0 Å². The summed E-state index contributed by atoms with van der Waals surface area (Å²) >= 11 is 9.53. The predicted octanol–water partition coefficient (Wildman–Crippen LogP) is 10.2. The molecule has 4 saturated heterocycles. The molecule has 470 valence electrons. The van der Waals surface area contributed by atoms with E-state index in [-0.39, 0.29) is 87.4 Å². The molecular weight excluding hydrogens is 1230 g/mol. The zero-order valence-electron chi connectivity index (χ0n) is 46.5. The van der Waals surface area contributed by atoms with Gasteiger partial charge < -0.3 is 39.7 Å². The van der Waals surface area contributed by atoms with Crippen molar-refractivity contribution in [3.63, 3.8) is 0 Å². The summed E-state index contributed by atoms with van der Waals surface area (Å²) in [5.41, 5.74) is -1.34. The van der Waals surface area contributed by atoms with Gasteiger partial charge in [-0.2, -0.15) is 63.2 Å². The standard InChI is InChI=1S/C28H29F3N4O4.C23H21F3N4O2.C2HF3O2.C2HF3O.CH2Cl2/c1-18(21-9-5-19(13-32)6-10-21)34-15-23(36)35(14-20-7-11-22(12-8-20)28(29,30)31)27(24(34)37)16-33(17-27)25(38)39-26(2,3)4;1-15(18-6-2-16(10-27)3-7-18)29-12-20(31)30(22(21(29)32)13-28-14-22)11-17-4-8-19(9-5-17)23(24,25)26;3-2(4,5)1(6)7;3-2(4,5)1-6;2-1-3/h5-12,18H,14-17H2,1-4H3;2-9,15,28H,11-14H2,1H3;(H,6,7);1H;1H2. The zero-order valence-corrected chi connectivity index (χ0v) is 48.0. The number of aliphatic carboxylic acids is 1. The first-order valence-corrected chi connectivity index (χ1v) is 26.5. The van der Waals surface area contributed by atoms with Crippen LogP contribution in [0.15, 0.2) is 97.1 Å². The highest BCUT2D eigenvalue weighted by molar-refractivity contribution is 6.40. The fraction of sp³-hybridized carbons (Fsp3) is 0.411. The average molecular weight is 1280 g/mol. The van der Waals surface area contributed by atoms with Crippen molar-refractivity contribution in [3.05, 3.63) is 142 Å². The van der Waals surface area contributed by atoms with Crippen molar-refractivity contribution in [2.24, 2.45) is 0 Å².